The molecule has 0 aromatic carbocycles. The standard InChI is InChI=1S/C26H32N6O2/c1-25(2,3)23(19-9-7-8-10-27-19)31(26(4,5)6)24(33)21-18-14-16-13-17(16)22(18)32(29-21)20-15-30(34)12-11-28-20/h7-12,15-17,23H,13-14H2,1-6H3/t16-,17-,23?/m0/s1. The largest absolute Gasteiger partial charge is 0.619 e. The Morgan fingerprint density at radius 3 is 2.56 bits per heavy atom. The van der Waals surface area contributed by atoms with Gasteiger partial charge in [0, 0.05) is 23.2 Å². The third-order valence-corrected chi connectivity index (χ3v) is 6.83. The molecule has 0 aliphatic heterocycles. The predicted octanol–water partition coefficient (Wildman–Crippen LogP) is 3.98. The normalized spacial score (nSPS) is 19.9. The molecule has 3 aromatic heterocycles. The molecule has 3 atom stereocenters. The molecule has 2 aliphatic carbocycles. The summed E-state index contributed by atoms with van der Waals surface area (Å²) < 4.78 is 2.44. The number of rotatable bonds is 4. The van der Waals surface area contributed by atoms with Crippen LogP contribution in [0, 0.1) is 16.5 Å². The minimum atomic E-state index is -0.478. The molecule has 1 unspecified atom stereocenters. The van der Waals surface area contributed by atoms with Crippen LogP contribution in [0.2, 0.25) is 0 Å². The Morgan fingerprint density at radius 2 is 1.94 bits per heavy atom. The molecule has 0 radical (unpaired) electrons. The molecule has 0 spiro atoms. The summed E-state index contributed by atoms with van der Waals surface area (Å²) in [4.78, 5) is 25.3. The average Bonchev–Trinajstić information content (AvgIpc) is 3.25. The van der Waals surface area contributed by atoms with Crippen molar-refractivity contribution in [3.05, 3.63) is 70.8 Å². The summed E-state index contributed by atoms with van der Waals surface area (Å²) in [7, 11) is 0. The van der Waals surface area contributed by atoms with E-state index in [0.29, 0.717) is 23.3 Å². The van der Waals surface area contributed by atoms with Crippen LogP contribution in [-0.2, 0) is 6.42 Å². The summed E-state index contributed by atoms with van der Waals surface area (Å²) in [5, 5.41) is 16.7. The van der Waals surface area contributed by atoms with Gasteiger partial charge in [0.15, 0.2) is 11.9 Å². The fourth-order valence-electron chi connectivity index (χ4n) is 5.36. The Bertz CT molecular complexity index is 1240. The van der Waals surface area contributed by atoms with Crippen molar-refractivity contribution < 1.29 is 9.52 Å². The van der Waals surface area contributed by atoms with Crippen LogP contribution >= 0.6 is 0 Å². The van der Waals surface area contributed by atoms with Gasteiger partial charge in [-0.05, 0) is 57.1 Å². The first-order valence-electron chi connectivity index (χ1n) is 11.9. The molecule has 5 rings (SSSR count). The summed E-state index contributed by atoms with van der Waals surface area (Å²) >= 11 is 0. The highest BCUT2D eigenvalue weighted by atomic mass is 16.5. The van der Waals surface area contributed by atoms with Crippen LogP contribution in [0.4, 0.5) is 0 Å². The van der Waals surface area contributed by atoms with E-state index in [9.17, 15) is 10.0 Å². The number of carbonyl (C=O) groups is 1. The highest BCUT2D eigenvalue weighted by molar-refractivity contribution is 5.95. The maximum atomic E-state index is 14.4. The Hall–Kier alpha value is -3.29. The smallest absolute Gasteiger partial charge is 0.275 e. The first kappa shape index (κ1) is 22.5. The second kappa shape index (κ2) is 7.61. The lowest BCUT2D eigenvalue weighted by Crippen LogP contribution is -2.52. The van der Waals surface area contributed by atoms with Gasteiger partial charge in [0.2, 0.25) is 12.0 Å². The van der Waals surface area contributed by atoms with Crippen LogP contribution in [-0.4, -0.2) is 36.1 Å². The van der Waals surface area contributed by atoms with Crippen molar-refractivity contribution in [3.63, 3.8) is 0 Å². The van der Waals surface area contributed by atoms with E-state index in [1.54, 1.807) is 10.9 Å². The summed E-state index contributed by atoms with van der Waals surface area (Å²) in [5.41, 5.74) is 2.61. The lowest BCUT2D eigenvalue weighted by Gasteiger charge is -2.46. The molecule has 0 saturated heterocycles. The van der Waals surface area contributed by atoms with Crippen LogP contribution in [0.3, 0.4) is 0 Å². The van der Waals surface area contributed by atoms with Crippen molar-refractivity contribution in [1.29, 1.82) is 0 Å². The number of aromatic nitrogens is 5. The Morgan fingerprint density at radius 1 is 1.18 bits per heavy atom. The van der Waals surface area contributed by atoms with Crippen molar-refractivity contribution in [2.75, 3.05) is 0 Å². The van der Waals surface area contributed by atoms with Gasteiger partial charge in [-0.3, -0.25) is 9.78 Å². The molecule has 34 heavy (non-hydrogen) atoms. The molecule has 8 nitrogen and oxygen atoms in total. The van der Waals surface area contributed by atoms with Gasteiger partial charge < -0.3 is 10.1 Å². The molecule has 1 amide bonds. The zero-order valence-electron chi connectivity index (χ0n) is 20.7. The molecule has 2 aliphatic rings. The maximum Gasteiger partial charge on any atom is 0.275 e. The molecule has 0 N–H and O–H groups in total. The molecule has 178 valence electrons. The van der Waals surface area contributed by atoms with Crippen LogP contribution in [0.5, 0.6) is 0 Å². The fourth-order valence-corrected chi connectivity index (χ4v) is 5.36. The van der Waals surface area contributed by atoms with Gasteiger partial charge in [-0.25, -0.2) is 9.67 Å². The molecule has 3 heterocycles. The number of amides is 1. The van der Waals surface area contributed by atoms with Gasteiger partial charge in [0.25, 0.3) is 5.91 Å². The number of pyridine rings is 1. The lowest BCUT2D eigenvalue weighted by atomic mass is 9.81. The van der Waals surface area contributed by atoms with Gasteiger partial charge in [0.05, 0.1) is 23.6 Å². The summed E-state index contributed by atoms with van der Waals surface area (Å²) in [6.07, 6.45) is 7.94. The van der Waals surface area contributed by atoms with Crippen molar-refractivity contribution in [1.82, 2.24) is 24.6 Å². The second-order valence-corrected chi connectivity index (χ2v) is 11.6. The first-order chi connectivity index (χ1) is 16.0. The number of fused-ring (bicyclic) bond motifs is 3. The molecular formula is C26H32N6O2. The van der Waals surface area contributed by atoms with Gasteiger partial charge in [-0.15, -0.1) is 0 Å². The van der Waals surface area contributed by atoms with Gasteiger partial charge in [-0.2, -0.15) is 9.83 Å². The number of nitrogens with zero attached hydrogens (tertiary/aromatic N) is 6. The third-order valence-electron chi connectivity index (χ3n) is 6.83. The van der Waals surface area contributed by atoms with Gasteiger partial charge in [-0.1, -0.05) is 26.8 Å². The second-order valence-electron chi connectivity index (χ2n) is 11.6. The zero-order chi connectivity index (χ0) is 24.4. The fraction of sp³-hybridized carbons (Fsp3) is 0.500. The molecular weight excluding hydrogens is 428 g/mol. The average molecular weight is 461 g/mol. The highest BCUT2D eigenvalue weighted by Gasteiger charge is 2.52. The van der Waals surface area contributed by atoms with E-state index >= 15 is 0 Å². The van der Waals surface area contributed by atoms with Crippen LogP contribution in [0.25, 0.3) is 5.82 Å². The Labute approximate surface area is 200 Å². The van der Waals surface area contributed by atoms with E-state index in [0.717, 1.165) is 34.5 Å². The monoisotopic (exact) mass is 460 g/mol. The molecule has 3 aromatic rings. The Kier molecular flexibility index (Phi) is 5.04. The number of carbonyl (C=O) groups excluding carboxylic acids is 1. The quantitative estimate of drug-likeness (QED) is 0.434. The summed E-state index contributed by atoms with van der Waals surface area (Å²) in [6, 6.07) is 5.59. The van der Waals surface area contributed by atoms with Crippen LogP contribution in [0.15, 0.2) is 43.0 Å². The van der Waals surface area contributed by atoms with E-state index in [1.165, 1.54) is 18.6 Å². The lowest BCUT2D eigenvalue weighted by molar-refractivity contribution is -0.605. The topological polar surface area (TPSA) is 90.9 Å². The van der Waals surface area contributed by atoms with Crippen molar-refractivity contribution in [3.8, 4) is 5.82 Å². The van der Waals surface area contributed by atoms with E-state index in [2.05, 4.69) is 51.5 Å². The summed E-state index contributed by atoms with van der Waals surface area (Å²) in [6.45, 7) is 12.6. The van der Waals surface area contributed by atoms with Gasteiger partial charge >= 0.3 is 0 Å². The predicted molar refractivity (Wildman–Crippen MR) is 127 cm³/mol. The minimum absolute atomic E-state index is 0.111. The van der Waals surface area contributed by atoms with Gasteiger partial charge in [0.1, 0.15) is 0 Å². The van der Waals surface area contributed by atoms with E-state index in [1.807, 2.05) is 23.1 Å². The molecule has 1 saturated carbocycles. The molecule has 1 fully saturated rings. The maximum absolute atomic E-state index is 14.4. The van der Waals surface area contributed by atoms with Crippen molar-refractivity contribution >= 4 is 5.91 Å². The van der Waals surface area contributed by atoms with Crippen molar-refractivity contribution in [2.24, 2.45) is 11.3 Å². The Balaban J connectivity index is 1.65. The van der Waals surface area contributed by atoms with E-state index < -0.39 is 5.54 Å². The number of hydrogen-bond donors (Lipinski definition) is 0. The zero-order valence-corrected chi connectivity index (χ0v) is 20.7. The van der Waals surface area contributed by atoms with Crippen molar-refractivity contribution in [2.45, 2.75) is 71.9 Å². The molecule has 8 heteroatoms. The van der Waals surface area contributed by atoms with E-state index in [4.69, 9.17) is 5.10 Å². The van der Waals surface area contributed by atoms with Crippen LogP contribution < -0.4 is 4.73 Å². The SMILES string of the molecule is CC(C)(C)C(c1ccccn1)N(C(=O)c1nn(-c2c[n+]([O-])ccn2)c2c1C[C@@H]1C[C@H]21)C(C)(C)C. The minimum Gasteiger partial charge on any atom is -0.619 e. The first-order valence-corrected chi connectivity index (χ1v) is 11.9. The highest BCUT2D eigenvalue weighted by Crippen LogP contribution is 2.57. The molecule has 0 bridgehead atoms. The van der Waals surface area contributed by atoms with E-state index in [-0.39, 0.29) is 17.4 Å². The summed E-state index contributed by atoms with van der Waals surface area (Å²) in [5.74, 6) is 1.26. The third kappa shape index (κ3) is 3.75. The van der Waals surface area contributed by atoms with Crippen LogP contribution in [0.1, 0.15) is 87.4 Å². The number of hydrogen-bond acceptors (Lipinski definition) is 5.